The lowest BCUT2D eigenvalue weighted by molar-refractivity contribution is -0.133. The molecule has 1 aliphatic rings. The van der Waals surface area contributed by atoms with Gasteiger partial charge in [-0.25, -0.2) is 0 Å². The summed E-state index contributed by atoms with van der Waals surface area (Å²) in [6, 6.07) is 17.1. The molecule has 3 heterocycles. The average molecular weight is 375 g/mol. The Morgan fingerprint density at radius 2 is 1.75 bits per heavy atom. The van der Waals surface area contributed by atoms with E-state index in [1.165, 1.54) is 0 Å². The van der Waals surface area contributed by atoms with Crippen LogP contribution in [-0.2, 0) is 4.79 Å². The molecule has 28 heavy (non-hydrogen) atoms. The van der Waals surface area contributed by atoms with E-state index in [1.54, 1.807) is 12.4 Å². The second-order valence-electron chi connectivity index (χ2n) is 6.49. The number of anilines is 1. The SMILES string of the molecule is O=C(COc1ccccc1)N1CCN(c2ccc(-c3cccnc3)nn2)CC1. The van der Waals surface area contributed by atoms with Gasteiger partial charge in [-0.1, -0.05) is 18.2 Å². The van der Waals surface area contributed by atoms with Gasteiger partial charge in [0.1, 0.15) is 5.75 Å². The third-order valence-corrected chi connectivity index (χ3v) is 4.67. The molecule has 1 fully saturated rings. The van der Waals surface area contributed by atoms with Crippen molar-refractivity contribution in [1.29, 1.82) is 0 Å². The molecule has 1 aromatic carbocycles. The van der Waals surface area contributed by atoms with E-state index in [0.717, 1.165) is 30.2 Å². The number of rotatable bonds is 5. The molecule has 0 saturated carbocycles. The van der Waals surface area contributed by atoms with E-state index in [2.05, 4.69) is 20.1 Å². The van der Waals surface area contributed by atoms with Gasteiger partial charge in [0.15, 0.2) is 12.4 Å². The highest BCUT2D eigenvalue weighted by molar-refractivity contribution is 5.78. The Hall–Kier alpha value is -3.48. The molecule has 1 saturated heterocycles. The lowest BCUT2D eigenvalue weighted by Crippen LogP contribution is -2.50. The zero-order chi connectivity index (χ0) is 19.2. The average Bonchev–Trinajstić information content (AvgIpc) is 2.79. The molecule has 142 valence electrons. The Bertz CT molecular complexity index is 895. The summed E-state index contributed by atoms with van der Waals surface area (Å²) < 4.78 is 5.56. The molecule has 2 aromatic heterocycles. The molecular formula is C21H21N5O2. The number of pyridine rings is 1. The Balaban J connectivity index is 1.29. The van der Waals surface area contributed by atoms with Crippen LogP contribution in [0.2, 0.25) is 0 Å². The molecule has 0 unspecified atom stereocenters. The van der Waals surface area contributed by atoms with Crippen LogP contribution in [0.3, 0.4) is 0 Å². The van der Waals surface area contributed by atoms with E-state index in [4.69, 9.17) is 4.74 Å². The first-order valence-electron chi connectivity index (χ1n) is 9.24. The van der Waals surface area contributed by atoms with Crippen LogP contribution in [0.4, 0.5) is 5.82 Å². The Morgan fingerprint density at radius 1 is 0.929 bits per heavy atom. The topological polar surface area (TPSA) is 71.5 Å². The first kappa shape index (κ1) is 17.9. The summed E-state index contributed by atoms with van der Waals surface area (Å²) in [6.07, 6.45) is 3.50. The molecule has 0 aliphatic carbocycles. The molecule has 0 radical (unpaired) electrons. The number of carbonyl (C=O) groups excluding carboxylic acids is 1. The molecule has 4 rings (SSSR count). The molecule has 3 aromatic rings. The minimum Gasteiger partial charge on any atom is -0.484 e. The quantitative estimate of drug-likeness (QED) is 0.681. The highest BCUT2D eigenvalue weighted by atomic mass is 16.5. The maximum atomic E-state index is 12.4. The largest absolute Gasteiger partial charge is 0.484 e. The fourth-order valence-corrected chi connectivity index (χ4v) is 3.10. The number of hydrogen-bond donors (Lipinski definition) is 0. The number of para-hydroxylation sites is 1. The summed E-state index contributed by atoms with van der Waals surface area (Å²) >= 11 is 0. The number of ether oxygens (including phenoxy) is 1. The monoisotopic (exact) mass is 375 g/mol. The third-order valence-electron chi connectivity index (χ3n) is 4.67. The fraction of sp³-hybridized carbons (Fsp3) is 0.238. The second kappa shape index (κ2) is 8.47. The van der Waals surface area contributed by atoms with Crippen molar-refractivity contribution < 1.29 is 9.53 Å². The van der Waals surface area contributed by atoms with Gasteiger partial charge in [-0.3, -0.25) is 9.78 Å². The maximum Gasteiger partial charge on any atom is 0.260 e. The van der Waals surface area contributed by atoms with Crippen LogP contribution in [-0.4, -0.2) is 58.8 Å². The zero-order valence-corrected chi connectivity index (χ0v) is 15.4. The Morgan fingerprint density at radius 3 is 2.43 bits per heavy atom. The van der Waals surface area contributed by atoms with Crippen molar-refractivity contribution in [3.05, 3.63) is 67.0 Å². The maximum absolute atomic E-state index is 12.4. The third kappa shape index (κ3) is 4.25. The first-order chi connectivity index (χ1) is 13.8. The number of nitrogens with zero attached hydrogens (tertiary/aromatic N) is 5. The summed E-state index contributed by atoms with van der Waals surface area (Å²) in [6.45, 7) is 2.78. The number of amides is 1. The Kier molecular flexibility index (Phi) is 5.42. The summed E-state index contributed by atoms with van der Waals surface area (Å²) in [5.41, 5.74) is 1.74. The van der Waals surface area contributed by atoms with Crippen LogP contribution in [0, 0.1) is 0 Å². The van der Waals surface area contributed by atoms with Gasteiger partial charge in [0.05, 0.1) is 5.69 Å². The van der Waals surface area contributed by atoms with Gasteiger partial charge in [-0.05, 0) is 36.4 Å². The molecule has 0 N–H and O–H groups in total. The molecular weight excluding hydrogens is 354 g/mol. The van der Waals surface area contributed by atoms with Crippen LogP contribution in [0.5, 0.6) is 5.75 Å². The highest BCUT2D eigenvalue weighted by Crippen LogP contribution is 2.18. The number of benzene rings is 1. The predicted molar refractivity (Wildman–Crippen MR) is 106 cm³/mol. The number of aromatic nitrogens is 3. The van der Waals surface area contributed by atoms with Crippen molar-refractivity contribution in [1.82, 2.24) is 20.1 Å². The molecule has 0 bridgehead atoms. The number of carbonyl (C=O) groups is 1. The van der Waals surface area contributed by atoms with E-state index in [0.29, 0.717) is 18.8 Å². The van der Waals surface area contributed by atoms with Gasteiger partial charge in [0, 0.05) is 44.1 Å². The lowest BCUT2D eigenvalue weighted by atomic mass is 10.2. The summed E-state index contributed by atoms with van der Waals surface area (Å²) in [7, 11) is 0. The molecule has 7 heteroatoms. The second-order valence-corrected chi connectivity index (χ2v) is 6.49. The van der Waals surface area contributed by atoms with Gasteiger partial charge in [-0.2, -0.15) is 0 Å². The van der Waals surface area contributed by atoms with E-state index >= 15 is 0 Å². The van der Waals surface area contributed by atoms with Crippen LogP contribution in [0.1, 0.15) is 0 Å². The van der Waals surface area contributed by atoms with Crippen molar-refractivity contribution >= 4 is 11.7 Å². The molecule has 0 spiro atoms. The Labute approximate surface area is 163 Å². The van der Waals surface area contributed by atoms with Crippen LogP contribution in [0.15, 0.2) is 67.0 Å². The molecule has 7 nitrogen and oxygen atoms in total. The van der Waals surface area contributed by atoms with Gasteiger partial charge in [0.2, 0.25) is 0 Å². The standard InChI is InChI=1S/C21H21N5O2/c27-21(16-28-18-6-2-1-3-7-18)26-13-11-25(12-14-26)20-9-8-19(23-24-20)17-5-4-10-22-15-17/h1-10,15H,11-14,16H2. The van der Waals surface area contributed by atoms with Crippen molar-refractivity contribution in [2.45, 2.75) is 0 Å². The lowest BCUT2D eigenvalue weighted by Gasteiger charge is -2.35. The van der Waals surface area contributed by atoms with E-state index in [9.17, 15) is 4.79 Å². The predicted octanol–water partition coefficient (Wildman–Crippen LogP) is 2.27. The van der Waals surface area contributed by atoms with Crippen molar-refractivity contribution in [2.75, 3.05) is 37.7 Å². The van der Waals surface area contributed by atoms with E-state index in [1.807, 2.05) is 59.5 Å². The van der Waals surface area contributed by atoms with Crippen LogP contribution >= 0.6 is 0 Å². The van der Waals surface area contributed by atoms with Gasteiger partial charge in [-0.15, -0.1) is 10.2 Å². The van der Waals surface area contributed by atoms with Crippen molar-refractivity contribution in [3.63, 3.8) is 0 Å². The molecule has 1 amide bonds. The van der Waals surface area contributed by atoms with Crippen LogP contribution in [0.25, 0.3) is 11.3 Å². The van der Waals surface area contributed by atoms with Gasteiger partial charge >= 0.3 is 0 Å². The van der Waals surface area contributed by atoms with Crippen molar-refractivity contribution in [2.24, 2.45) is 0 Å². The molecule has 1 aliphatic heterocycles. The fourth-order valence-electron chi connectivity index (χ4n) is 3.10. The van der Waals surface area contributed by atoms with E-state index < -0.39 is 0 Å². The summed E-state index contributed by atoms with van der Waals surface area (Å²) in [5.74, 6) is 1.53. The van der Waals surface area contributed by atoms with Crippen LogP contribution < -0.4 is 9.64 Å². The van der Waals surface area contributed by atoms with Gasteiger partial charge < -0.3 is 14.5 Å². The minimum atomic E-state index is 0.00140. The number of piperazine rings is 1. The van der Waals surface area contributed by atoms with Crippen molar-refractivity contribution in [3.8, 4) is 17.0 Å². The minimum absolute atomic E-state index is 0.00140. The zero-order valence-electron chi connectivity index (χ0n) is 15.4. The van der Waals surface area contributed by atoms with Gasteiger partial charge in [0.25, 0.3) is 5.91 Å². The number of hydrogen-bond acceptors (Lipinski definition) is 6. The highest BCUT2D eigenvalue weighted by Gasteiger charge is 2.22. The van der Waals surface area contributed by atoms with E-state index in [-0.39, 0.29) is 12.5 Å². The smallest absolute Gasteiger partial charge is 0.260 e. The molecule has 0 atom stereocenters. The summed E-state index contributed by atoms with van der Waals surface area (Å²) in [5, 5.41) is 8.65. The first-order valence-corrected chi connectivity index (χ1v) is 9.24. The summed E-state index contributed by atoms with van der Waals surface area (Å²) in [4.78, 5) is 20.4. The normalized spacial score (nSPS) is 14.0.